The van der Waals surface area contributed by atoms with Gasteiger partial charge in [-0.1, -0.05) is 12.1 Å². The number of nitrogen functional groups attached to an aromatic ring is 1. The molecule has 1 aliphatic rings. The number of carbonyl (C=O) groups is 1. The van der Waals surface area contributed by atoms with E-state index in [1.54, 1.807) is 4.90 Å². The lowest BCUT2D eigenvalue weighted by molar-refractivity contribution is 0.0185. The van der Waals surface area contributed by atoms with Crippen molar-refractivity contribution in [3.63, 3.8) is 0 Å². The topological polar surface area (TPSA) is 73.4 Å². The molecule has 2 aromatic rings. The van der Waals surface area contributed by atoms with Crippen molar-refractivity contribution in [2.24, 2.45) is 0 Å². The second-order valence-corrected chi connectivity index (χ2v) is 7.93. The van der Waals surface area contributed by atoms with E-state index in [1.807, 2.05) is 50.7 Å². The van der Waals surface area contributed by atoms with Crippen molar-refractivity contribution in [2.45, 2.75) is 52.2 Å². The number of aromatic nitrogens is 2. The molecule has 1 saturated heterocycles. The summed E-state index contributed by atoms with van der Waals surface area (Å²) >= 11 is 0. The predicted octanol–water partition coefficient (Wildman–Crippen LogP) is 4.01. The first-order valence-corrected chi connectivity index (χ1v) is 9.12. The van der Waals surface area contributed by atoms with Crippen LogP contribution in [0.3, 0.4) is 0 Å². The first kappa shape index (κ1) is 18.3. The summed E-state index contributed by atoms with van der Waals surface area (Å²) in [6.07, 6.45) is 5.48. The van der Waals surface area contributed by atoms with Crippen LogP contribution in [0.5, 0.6) is 0 Å². The van der Waals surface area contributed by atoms with Crippen molar-refractivity contribution in [1.29, 1.82) is 0 Å². The summed E-state index contributed by atoms with van der Waals surface area (Å²) < 4.78 is 7.48. The zero-order valence-corrected chi connectivity index (χ0v) is 16.0. The van der Waals surface area contributed by atoms with E-state index in [9.17, 15) is 4.79 Å². The van der Waals surface area contributed by atoms with Gasteiger partial charge in [0.1, 0.15) is 5.60 Å². The van der Waals surface area contributed by atoms with E-state index in [1.165, 1.54) is 0 Å². The van der Waals surface area contributed by atoms with Gasteiger partial charge in [0.15, 0.2) is 0 Å². The van der Waals surface area contributed by atoms with Crippen molar-refractivity contribution in [3.8, 4) is 11.1 Å². The quantitative estimate of drug-likeness (QED) is 0.825. The fraction of sp³-hybridized carbons (Fsp3) is 0.500. The molecule has 0 spiro atoms. The van der Waals surface area contributed by atoms with E-state index in [4.69, 9.17) is 10.5 Å². The minimum atomic E-state index is -0.458. The van der Waals surface area contributed by atoms with Crippen LogP contribution in [0, 0.1) is 6.92 Å². The van der Waals surface area contributed by atoms with Gasteiger partial charge in [0.05, 0.1) is 12.2 Å². The summed E-state index contributed by atoms with van der Waals surface area (Å²) in [4.78, 5) is 14.0. The molecular formula is C20H28N4O2. The van der Waals surface area contributed by atoms with Gasteiger partial charge in [-0.25, -0.2) is 4.79 Å². The molecule has 1 aromatic heterocycles. The molecule has 0 bridgehead atoms. The van der Waals surface area contributed by atoms with Crippen molar-refractivity contribution < 1.29 is 9.53 Å². The van der Waals surface area contributed by atoms with Gasteiger partial charge < -0.3 is 15.4 Å². The van der Waals surface area contributed by atoms with Gasteiger partial charge in [0, 0.05) is 30.5 Å². The molecule has 1 amide bonds. The van der Waals surface area contributed by atoms with Crippen molar-refractivity contribution in [3.05, 3.63) is 36.2 Å². The number of piperidine rings is 1. The maximum Gasteiger partial charge on any atom is 0.410 e. The number of ether oxygens (including phenoxy) is 1. The zero-order valence-electron chi connectivity index (χ0n) is 16.0. The van der Waals surface area contributed by atoms with Gasteiger partial charge in [0.2, 0.25) is 0 Å². The Morgan fingerprint density at radius 3 is 2.62 bits per heavy atom. The van der Waals surface area contributed by atoms with E-state index >= 15 is 0 Å². The van der Waals surface area contributed by atoms with E-state index in [2.05, 4.69) is 17.4 Å². The van der Waals surface area contributed by atoms with Crippen LogP contribution in [-0.2, 0) is 4.74 Å². The fourth-order valence-corrected chi connectivity index (χ4v) is 3.28. The maximum atomic E-state index is 12.2. The standard InChI is InChI=1S/C20H28N4O2/c1-14-17(6-5-7-18(14)21)15-12-22-24(13-15)16-8-10-23(11-9-16)19(25)26-20(2,3)4/h5-7,12-13,16H,8-11,21H2,1-4H3. The number of rotatable bonds is 2. The van der Waals surface area contributed by atoms with Crippen LogP contribution in [0.2, 0.25) is 0 Å². The average Bonchev–Trinajstić information content (AvgIpc) is 3.06. The fourth-order valence-electron chi connectivity index (χ4n) is 3.28. The minimum Gasteiger partial charge on any atom is -0.444 e. The Balaban J connectivity index is 1.65. The Morgan fingerprint density at radius 1 is 1.27 bits per heavy atom. The highest BCUT2D eigenvalue weighted by molar-refractivity contribution is 5.71. The van der Waals surface area contributed by atoms with Gasteiger partial charge in [-0.3, -0.25) is 4.68 Å². The molecule has 1 aromatic carbocycles. The normalized spacial score (nSPS) is 15.9. The van der Waals surface area contributed by atoms with Gasteiger partial charge in [-0.05, 0) is 57.7 Å². The lowest BCUT2D eigenvalue weighted by Crippen LogP contribution is -2.42. The highest BCUT2D eigenvalue weighted by Crippen LogP contribution is 2.29. The molecule has 3 rings (SSSR count). The number of carbonyl (C=O) groups excluding carboxylic acids is 1. The first-order valence-electron chi connectivity index (χ1n) is 9.12. The largest absolute Gasteiger partial charge is 0.444 e. The number of hydrogen-bond acceptors (Lipinski definition) is 4. The summed E-state index contributed by atoms with van der Waals surface area (Å²) in [6.45, 7) is 9.07. The molecule has 0 atom stereocenters. The van der Waals surface area contributed by atoms with Crippen molar-refractivity contribution >= 4 is 11.8 Å². The molecule has 0 unspecified atom stereocenters. The highest BCUT2D eigenvalue weighted by atomic mass is 16.6. The van der Waals surface area contributed by atoms with Crippen LogP contribution in [0.25, 0.3) is 11.1 Å². The Kier molecular flexibility index (Phi) is 4.94. The van der Waals surface area contributed by atoms with E-state index in [0.29, 0.717) is 19.1 Å². The molecule has 0 saturated carbocycles. The Labute approximate surface area is 154 Å². The molecule has 0 radical (unpaired) electrons. The first-order chi connectivity index (χ1) is 12.2. The third-order valence-electron chi connectivity index (χ3n) is 4.78. The molecular weight excluding hydrogens is 328 g/mol. The summed E-state index contributed by atoms with van der Waals surface area (Å²) in [5, 5.41) is 4.56. The molecule has 26 heavy (non-hydrogen) atoms. The number of nitrogens with two attached hydrogens (primary N) is 1. The second kappa shape index (κ2) is 7.02. The molecule has 6 heteroatoms. The lowest BCUT2D eigenvalue weighted by atomic mass is 10.0. The Morgan fingerprint density at radius 2 is 1.96 bits per heavy atom. The SMILES string of the molecule is Cc1c(N)cccc1-c1cnn(C2CCN(C(=O)OC(C)(C)C)CC2)c1. The van der Waals surface area contributed by atoms with Crippen LogP contribution in [-0.4, -0.2) is 39.5 Å². The third-order valence-corrected chi connectivity index (χ3v) is 4.78. The second-order valence-electron chi connectivity index (χ2n) is 7.93. The van der Waals surface area contributed by atoms with Crippen LogP contribution >= 0.6 is 0 Å². The predicted molar refractivity (Wildman–Crippen MR) is 103 cm³/mol. The number of anilines is 1. The van der Waals surface area contributed by atoms with Gasteiger partial charge in [-0.15, -0.1) is 0 Å². The number of hydrogen-bond donors (Lipinski definition) is 1. The molecule has 6 nitrogen and oxygen atoms in total. The van der Waals surface area contributed by atoms with E-state index < -0.39 is 5.60 Å². The summed E-state index contributed by atoms with van der Waals surface area (Å²) in [5.41, 5.74) is 9.62. The summed E-state index contributed by atoms with van der Waals surface area (Å²) in [5.74, 6) is 0. The zero-order chi connectivity index (χ0) is 18.9. The minimum absolute atomic E-state index is 0.229. The molecule has 2 heterocycles. The highest BCUT2D eigenvalue weighted by Gasteiger charge is 2.27. The average molecular weight is 356 g/mol. The Bertz CT molecular complexity index is 783. The van der Waals surface area contributed by atoms with Crippen molar-refractivity contribution in [2.75, 3.05) is 18.8 Å². The molecule has 1 aliphatic heterocycles. The van der Waals surface area contributed by atoms with Crippen LogP contribution in [0.1, 0.15) is 45.2 Å². The molecule has 140 valence electrons. The monoisotopic (exact) mass is 356 g/mol. The van der Waals surface area contributed by atoms with Crippen LogP contribution < -0.4 is 5.73 Å². The number of amides is 1. The summed E-state index contributed by atoms with van der Waals surface area (Å²) in [6, 6.07) is 6.24. The third kappa shape index (κ3) is 4.00. The maximum absolute atomic E-state index is 12.2. The van der Waals surface area contributed by atoms with Crippen molar-refractivity contribution in [1.82, 2.24) is 14.7 Å². The Hall–Kier alpha value is -2.50. The van der Waals surface area contributed by atoms with Gasteiger partial charge in [-0.2, -0.15) is 5.10 Å². The van der Waals surface area contributed by atoms with Crippen LogP contribution in [0.15, 0.2) is 30.6 Å². The number of nitrogens with zero attached hydrogens (tertiary/aromatic N) is 3. The van der Waals surface area contributed by atoms with Gasteiger partial charge >= 0.3 is 6.09 Å². The lowest BCUT2D eigenvalue weighted by Gasteiger charge is -2.33. The number of likely N-dealkylation sites (tertiary alicyclic amines) is 1. The number of benzene rings is 1. The van der Waals surface area contributed by atoms with Crippen LogP contribution in [0.4, 0.5) is 10.5 Å². The molecule has 1 fully saturated rings. The molecule has 0 aliphatic carbocycles. The summed E-state index contributed by atoms with van der Waals surface area (Å²) in [7, 11) is 0. The van der Waals surface area contributed by atoms with Gasteiger partial charge in [0.25, 0.3) is 0 Å². The van der Waals surface area contributed by atoms with E-state index in [-0.39, 0.29) is 6.09 Å². The molecule has 2 N–H and O–H groups in total. The smallest absolute Gasteiger partial charge is 0.410 e. The van der Waals surface area contributed by atoms with E-state index in [0.717, 1.165) is 35.2 Å².